The Morgan fingerprint density at radius 3 is 2.42 bits per heavy atom. The second kappa shape index (κ2) is 9.25. The highest BCUT2D eigenvalue weighted by Crippen LogP contribution is 2.38. The molecule has 1 saturated heterocycles. The van der Waals surface area contributed by atoms with E-state index < -0.39 is 0 Å². The lowest BCUT2D eigenvalue weighted by Crippen LogP contribution is -2.52. The van der Waals surface area contributed by atoms with Crippen molar-refractivity contribution in [3.63, 3.8) is 0 Å². The quantitative estimate of drug-likeness (QED) is 0.403. The number of nitrogens with one attached hydrogen (secondary N) is 2. The fraction of sp³-hybridized carbons (Fsp3) is 0.611. The molecule has 6 heteroatoms. The van der Waals surface area contributed by atoms with Gasteiger partial charge < -0.3 is 15.4 Å². The molecular formula is C18H29ClIN3O. The molecule has 24 heavy (non-hydrogen) atoms. The zero-order valence-electron chi connectivity index (χ0n) is 15.0. The van der Waals surface area contributed by atoms with Gasteiger partial charge in [-0.2, -0.15) is 0 Å². The van der Waals surface area contributed by atoms with Gasteiger partial charge in [-0.05, 0) is 45.2 Å². The van der Waals surface area contributed by atoms with E-state index in [4.69, 9.17) is 16.3 Å². The standard InChI is InChI=1S/C18H28ClN3O.HI/c1-17(2,3)22-16(20-4)21-13-18(9-11-23-12-10-18)14-7-5-6-8-15(14)19;/h5-8H,9-13H2,1-4H3,(H2,20,21,22);1H. The van der Waals surface area contributed by atoms with Crippen LogP contribution in [-0.4, -0.2) is 38.3 Å². The third kappa shape index (κ3) is 5.77. The van der Waals surface area contributed by atoms with Crippen molar-refractivity contribution in [1.82, 2.24) is 10.6 Å². The van der Waals surface area contributed by atoms with Crippen LogP contribution in [0.15, 0.2) is 29.3 Å². The number of hydrogen-bond acceptors (Lipinski definition) is 2. The molecule has 1 aliphatic heterocycles. The van der Waals surface area contributed by atoms with E-state index in [0.717, 1.165) is 43.6 Å². The maximum Gasteiger partial charge on any atom is 0.191 e. The summed E-state index contributed by atoms with van der Waals surface area (Å²) in [7, 11) is 1.80. The van der Waals surface area contributed by atoms with Crippen molar-refractivity contribution in [2.75, 3.05) is 26.8 Å². The Hall–Kier alpha value is -0.530. The third-order valence-electron chi connectivity index (χ3n) is 4.21. The van der Waals surface area contributed by atoms with Gasteiger partial charge in [0.2, 0.25) is 0 Å². The van der Waals surface area contributed by atoms with Gasteiger partial charge in [0.25, 0.3) is 0 Å². The maximum absolute atomic E-state index is 6.49. The van der Waals surface area contributed by atoms with Crippen LogP contribution < -0.4 is 10.6 Å². The molecule has 136 valence electrons. The van der Waals surface area contributed by atoms with Gasteiger partial charge in [-0.3, -0.25) is 4.99 Å². The van der Waals surface area contributed by atoms with Crippen LogP contribution in [0.25, 0.3) is 0 Å². The van der Waals surface area contributed by atoms with Gasteiger partial charge in [-0.25, -0.2) is 0 Å². The van der Waals surface area contributed by atoms with Gasteiger partial charge in [0.1, 0.15) is 0 Å². The van der Waals surface area contributed by atoms with Crippen molar-refractivity contribution in [2.24, 2.45) is 4.99 Å². The molecule has 1 aliphatic rings. The lowest BCUT2D eigenvalue weighted by Gasteiger charge is -2.39. The zero-order valence-corrected chi connectivity index (χ0v) is 18.1. The van der Waals surface area contributed by atoms with Gasteiger partial charge >= 0.3 is 0 Å². The maximum atomic E-state index is 6.49. The van der Waals surface area contributed by atoms with Crippen molar-refractivity contribution in [2.45, 2.75) is 44.6 Å². The average Bonchev–Trinajstić information content (AvgIpc) is 2.51. The van der Waals surface area contributed by atoms with Crippen molar-refractivity contribution < 1.29 is 4.74 Å². The lowest BCUT2D eigenvalue weighted by molar-refractivity contribution is 0.0514. The molecule has 1 fully saturated rings. The van der Waals surface area contributed by atoms with Crippen molar-refractivity contribution in [1.29, 1.82) is 0 Å². The van der Waals surface area contributed by atoms with Gasteiger partial charge in [0.15, 0.2) is 5.96 Å². The summed E-state index contributed by atoms with van der Waals surface area (Å²) in [6.07, 6.45) is 1.91. The first-order valence-corrected chi connectivity index (χ1v) is 8.56. The third-order valence-corrected chi connectivity index (χ3v) is 4.54. The van der Waals surface area contributed by atoms with Crippen LogP contribution in [0.2, 0.25) is 5.02 Å². The van der Waals surface area contributed by atoms with Crippen LogP contribution in [0.4, 0.5) is 0 Å². The fourth-order valence-corrected chi connectivity index (χ4v) is 3.32. The number of nitrogens with zero attached hydrogens (tertiary/aromatic N) is 1. The molecule has 0 aromatic heterocycles. The number of rotatable bonds is 3. The summed E-state index contributed by atoms with van der Waals surface area (Å²) in [4.78, 5) is 4.34. The van der Waals surface area contributed by atoms with E-state index in [0.29, 0.717) is 0 Å². The molecule has 0 amide bonds. The number of aliphatic imine (C=N–C) groups is 1. The van der Waals surface area contributed by atoms with Gasteiger partial charge in [-0.1, -0.05) is 29.8 Å². The summed E-state index contributed by atoms with van der Waals surface area (Å²) in [6.45, 7) is 8.68. The first-order valence-electron chi connectivity index (χ1n) is 8.18. The number of ether oxygens (including phenoxy) is 1. The molecule has 0 bridgehead atoms. The topological polar surface area (TPSA) is 45.7 Å². The average molecular weight is 466 g/mol. The van der Waals surface area contributed by atoms with Crippen LogP contribution in [0.5, 0.6) is 0 Å². The molecule has 0 radical (unpaired) electrons. The lowest BCUT2D eigenvalue weighted by atomic mass is 9.74. The van der Waals surface area contributed by atoms with Crippen LogP contribution in [0, 0.1) is 0 Å². The molecule has 0 spiro atoms. The monoisotopic (exact) mass is 465 g/mol. The Bertz CT molecular complexity index is 551. The Balaban J connectivity index is 0.00000288. The minimum Gasteiger partial charge on any atom is -0.381 e. The molecule has 2 rings (SSSR count). The summed E-state index contributed by atoms with van der Waals surface area (Å²) in [5, 5.41) is 7.72. The molecule has 0 unspecified atom stereocenters. The molecule has 2 N–H and O–H groups in total. The normalized spacial score (nSPS) is 17.8. The number of guanidine groups is 1. The predicted molar refractivity (Wildman–Crippen MR) is 113 cm³/mol. The van der Waals surface area contributed by atoms with E-state index in [1.54, 1.807) is 7.05 Å². The fourth-order valence-electron chi connectivity index (χ4n) is 2.98. The molecule has 1 aromatic rings. The smallest absolute Gasteiger partial charge is 0.191 e. The predicted octanol–water partition coefficient (Wildman–Crippen LogP) is 3.97. The Morgan fingerprint density at radius 1 is 1.25 bits per heavy atom. The number of halogens is 2. The first kappa shape index (κ1) is 21.5. The van der Waals surface area contributed by atoms with Crippen LogP contribution >= 0.6 is 35.6 Å². The summed E-state index contributed by atoms with van der Waals surface area (Å²) in [5.41, 5.74) is 1.14. The Labute approximate surface area is 167 Å². The highest BCUT2D eigenvalue weighted by atomic mass is 127. The van der Waals surface area contributed by atoms with Crippen molar-refractivity contribution in [3.05, 3.63) is 34.9 Å². The van der Waals surface area contributed by atoms with E-state index in [1.807, 2.05) is 12.1 Å². The molecule has 1 heterocycles. The van der Waals surface area contributed by atoms with E-state index in [9.17, 15) is 0 Å². The zero-order chi connectivity index (χ0) is 16.9. The van der Waals surface area contributed by atoms with E-state index in [2.05, 4.69) is 48.5 Å². The minimum absolute atomic E-state index is 0. The molecule has 0 atom stereocenters. The highest BCUT2D eigenvalue weighted by Gasteiger charge is 2.36. The second-order valence-corrected chi connectivity index (χ2v) is 7.58. The van der Waals surface area contributed by atoms with E-state index in [-0.39, 0.29) is 34.9 Å². The van der Waals surface area contributed by atoms with Crippen LogP contribution in [0.3, 0.4) is 0 Å². The summed E-state index contributed by atoms with van der Waals surface area (Å²) in [6, 6.07) is 8.14. The summed E-state index contributed by atoms with van der Waals surface area (Å²) in [5.74, 6) is 0.815. The van der Waals surface area contributed by atoms with Crippen LogP contribution in [-0.2, 0) is 10.2 Å². The molecule has 1 aromatic carbocycles. The van der Waals surface area contributed by atoms with Gasteiger partial charge in [0.05, 0.1) is 0 Å². The minimum atomic E-state index is -0.0327. The summed E-state index contributed by atoms with van der Waals surface area (Å²) >= 11 is 6.49. The molecular weight excluding hydrogens is 437 g/mol. The molecule has 4 nitrogen and oxygen atoms in total. The van der Waals surface area contributed by atoms with Gasteiger partial charge in [0, 0.05) is 42.8 Å². The first-order chi connectivity index (χ1) is 10.9. The SMILES string of the molecule is CN=C(NCC1(c2ccccc2Cl)CCOCC1)NC(C)(C)C.I. The van der Waals surface area contributed by atoms with Crippen LogP contribution in [0.1, 0.15) is 39.2 Å². The second-order valence-electron chi connectivity index (χ2n) is 7.17. The number of benzene rings is 1. The van der Waals surface area contributed by atoms with Crippen molar-refractivity contribution >= 4 is 41.5 Å². The Morgan fingerprint density at radius 2 is 1.88 bits per heavy atom. The largest absolute Gasteiger partial charge is 0.381 e. The summed E-state index contributed by atoms with van der Waals surface area (Å²) < 4.78 is 5.58. The highest BCUT2D eigenvalue weighted by molar-refractivity contribution is 14.0. The van der Waals surface area contributed by atoms with E-state index in [1.165, 1.54) is 5.56 Å². The van der Waals surface area contributed by atoms with E-state index >= 15 is 0 Å². The van der Waals surface area contributed by atoms with Crippen molar-refractivity contribution in [3.8, 4) is 0 Å². The number of hydrogen-bond donors (Lipinski definition) is 2. The molecule has 0 saturated carbocycles. The Kier molecular flexibility index (Phi) is 8.29. The molecule has 0 aliphatic carbocycles. The van der Waals surface area contributed by atoms with Gasteiger partial charge in [-0.15, -0.1) is 24.0 Å².